The maximum atomic E-state index is 15.5. The Morgan fingerprint density at radius 1 is 1.00 bits per heavy atom. The average molecular weight is 865 g/mol. The van der Waals surface area contributed by atoms with Crippen molar-refractivity contribution in [3.05, 3.63) is 69.9 Å². The van der Waals surface area contributed by atoms with Gasteiger partial charge in [-0.2, -0.15) is 0 Å². The fraction of sp³-hybridized carbons (Fsp3) is 0.592. The zero-order valence-electron chi connectivity index (χ0n) is 37.7. The van der Waals surface area contributed by atoms with Gasteiger partial charge in [-0.1, -0.05) is 32.9 Å². The number of carbonyl (C=O) groups is 4. The Labute approximate surface area is 368 Å². The summed E-state index contributed by atoms with van der Waals surface area (Å²) in [4.78, 5) is 67.3. The molecule has 0 radical (unpaired) electrons. The summed E-state index contributed by atoms with van der Waals surface area (Å²) in [5.74, 6) is -1.58. The van der Waals surface area contributed by atoms with Crippen LogP contribution in [0.3, 0.4) is 0 Å². The topological polar surface area (TPSA) is 163 Å². The van der Waals surface area contributed by atoms with E-state index in [9.17, 15) is 19.5 Å². The van der Waals surface area contributed by atoms with Crippen molar-refractivity contribution in [1.29, 1.82) is 0 Å². The van der Waals surface area contributed by atoms with E-state index >= 15 is 4.79 Å². The number of nitrogens with one attached hydrogen (secondary N) is 1. The predicted molar refractivity (Wildman–Crippen MR) is 232 cm³/mol. The molecule has 336 valence electrons. The lowest BCUT2D eigenvalue weighted by Gasteiger charge is -2.58. The van der Waals surface area contributed by atoms with Gasteiger partial charge < -0.3 is 33.8 Å². The van der Waals surface area contributed by atoms with Gasteiger partial charge in [0.15, 0.2) is 6.10 Å². The maximum Gasteiger partial charge on any atom is 0.347 e. The summed E-state index contributed by atoms with van der Waals surface area (Å²) < 4.78 is 31.3. The van der Waals surface area contributed by atoms with Crippen molar-refractivity contribution in [2.24, 2.45) is 11.3 Å². The van der Waals surface area contributed by atoms with Crippen LogP contribution in [0.15, 0.2) is 36.4 Å². The van der Waals surface area contributed by atoms with E-state index in [4.69, 9.17) is 23.7 Å². The molecular weight excluding hydrogens is 805 g/mol. The number of ether oxygens (including phenoxy) is 5. The number of aryl methyl sites for hydroxylation is 2. The maximum absolute atomic E-state index is 15.5. The number of nitrogens with zero attached hydrogens (tertiary/aromatic N) is 3. The second kappa shape index (κ2) is 14.1. The lowest BCUT2D eigenvalue weighted by atomic mass is 9.49. The molecule has 6 aliphatic heterocycles. The number of aromatic amines is 1. The van der Waals surface area contributed by atoms with Crippen molar-refractivity contribution >= 4 is 40.9 Å². The number of fused-ring (bicyclic) bond motifs is 6. The quantitative estimate of drug-likeness (QED) is 0.1000. The Morgan fingerprint density at radius 3 is 2.44 bits per heavy atom. The number of hydrogen-bond acceptors (Lipinski definition) is 12. The highest BCUT2D eigenvalue weighted by molar-refractivity contribution is 6.00. The van der Waals surface area contributed by atoms with E-state index in [2.05, 4.69) is 52.9 Å². The van der Waals surface area contributed by atoms with Crippen LogP contribution in [0.1, 0.15) is 93.3 Å². The first kappa shape index (κ1) is 42.2. The van der Waals surface area contributed by atoms with Crippen molar-refractivity contribution in [1.82, 2.24) is 14.8 Å². The number of anilines is 1. The van der Waals surface area contributed by atoms with Gasteiger partial charge in [-0.05, 0) is 105 Å². The molecule has 1 amide bonds. The number of rotatable bonds is 9. The molecule has 1 saturated carbocycles. The molecule has 4 fully saturated rings. The highest BCUT2D eigenvalue weighted by Gasteiger charge is 2.99. The van der Waals surface area contributed by atoms with Crippen molar-refractivity contribution in [2.75, 3.05) is 59.0 Å². The smallest absolute Gasteiger partial charge is 0.347 e. The molecule has 1 aliphatic carbocycles. The summed E-state index contributed by atoms with van der Waals surface area (Å²) in [7, 11) is 4.27. The van der Waals surface area contributed by atoms with Gasteiger partial charge in [0.2, 0.25) is 12.1 Å². The molecule has 10 atom stereocenters. The zero-order chi connectivity index (χ0) is 44.6. The molecule has 2 spiro atoms. The minimum atomic E-state index is -1.89. The number of amides is 1. The molecule has 3 saturated heterocycles. The summed E-state index contributed by atoms with van der Waals surface area (Å²) in [5, 5.41) is 13.1. The second-order valence-corrected chi connectivity index (χ2v) is 19.4. The fourth-order valence-electron chi connectivity index (χ4n) is 14.4. The Balaban J connectivity index is 1.31. The van der Waals surface area contributed by atoms with E-state index in [1.165, 1.54) is 31.6 Å². The Hall–Kier alpha value is -4.76. The number of aliphatic hydroxyl groups is 1. The molecule has 1 unspecified atom stereocenters. The number of methoxy groups -OCH3 is 3. The zero-order valence-corrected chi connectivity index (χ0v) is 37.7. The number of aromatic nitrogens is 1. The lowest BCUT2D eigenvalue weighted by molar-refractivity contribution is -0.178. The van der Waals surface area contributed by atoms with Crippen molar-refractivity contribution in [3.63, 3.8) is 0 Å². The van der Waals surface area contributed by atoms with E-state index in [1.807, 2.05) is 26.0 Å². The minimum absolute atomic E-state index is 0.141. The van der Waals surface area contributed by atoms with E-state index < -0.39 is 63.2 Å². The van der Waals surface area contributed by atoms with Gasteiger partial charge in [-0.3, -0.25) is 29.1 Å². The monoisotopic (exact) mass is 864 g/mol. The molecule has 10 rings (SSSR count). The Kier molecular flexibility index (Phi) is 9.46. The van der Waals surface area contributed by atoms with Gasteiger partial charge in [0.05, 0.1) is 38.0 Å². The van der Waals surface area contributed by atoms with E-state index in [0.717, 1.165) is 39.7 Å². The molecule has 2 N–H and O–H groups in total. The third-order valence-corrected chi connectivity index (χ3v) is 16.8. The average Bonchev–Trinajstić information content (AvgIpc) is 3.50. The number of esters is 3. The van der Waals surface area contributed by atoms with Crippen LogP contribution in [0, 0.1) is 18.3 Å². The minimum Gasteiger partial charge on any atom is -0.496 e. The summed E-state index contributed by atoms with van der Waals surface area (Å²) >= 11 is 0. The van der Waals surface area contributed by atoms with Crippen LogP contribution in [0.4, 0.5) is 5.69 Å². The first-order chi connectivity index (χ1) is 30.2. The molecule has 7 aliphatic rings. The molecule has 3 aromatic rings. The number of piperidine rings is 1. The normalized spacial score (nSPS) is 37.0. The van der Waals surface area contributed by atoms with Crippen LogP contribution in [0.5, 0.6) is 5.75 Å². The summed E-state index contributed by atoms with van der Waals surface area (Å²) in [6.07, 6.45) is 7.47. The fourth-order valence-corrected chi connectivity index (χ4v) is 14.4. The molecule has 7 heterocycles. The third kappa shape index (κ3) is 5.04. The van der Waals surface area contributed by atoms with Crippen LogP contribution in [-0.4, -0.2) is 127 Å². The highest BCUT2D eigenvalue weighted by atomic mass is 16.7. The van der Waals surface area contributed by atoms with E-state index in [-0.39, 0.29) is 12.3 Å². The van der Waals surface area contributed by atoms with Gasteiger partial charge in [0.25, 0.3) is 5.60 Å². The molecular formula is C49H60N4O10. The van der Waals surface area contributed by atoms with E-state index in [0.29, 0.717) is 88.2 Å². The molecule has 14 heteroatoms. The van der Waals surface area contributed by atoms with Gasteiger partial charge in [-0.25, -0.2) is 4.79 Å². The number of carbonyl (C=O) groups excluding carboxylic acids is 4. The standard InChI is InChI=1S/C49H60N4O10/c1-9-31-20-36-33(19-28(31)4)32-13-17-51-25-30(23-44(58,10-2)26-51)24-46(39(32)50-36,42(56)60-7)35-21-34-37(22-38(35)59-6)53(27-54)49-47(34)15-18-52-16-12-14-45(11-3,40(47)52)41(62-29(5)55)48(49,63-49)43(57)61-8/h12,14,19-22,27,30,40-41,50,58H,9-11,13,15-18,23-26H2,1-8H3/t30-,40+,41-,44+,45-,46+,47-,48+,49+/m1/s1. The lowest BCUT2D eigenvalue weighted by Crippen LogP contribution is -2.75. The SMILES string of the molecule is CCc1cc2[nH]c3c(c2cc1C)CCN1C[C@H](C[C@@](O)(CC)C1)C[C@]3(C(=O)OC)c1cc2c(cc1OC)N(C=O)[C@@]13O[C@]1(C(=O)OC)[C@H](OC(C)=O)[C@]1(CC)C=CCN4CC[C@]23[C@@H]41. The van der Waals surface area contributed by atoms with Crippen molar-refractivity contribution in [3.8, 4) is 5.75 Å². The van der Waals surface area contributed by atoms with Crippen molar-refractivity contribution < 1.29 is 48.0 Å². The summed E-state index contributed by atoms with van der Waals surface area (Å²) in [6.45, 7) is 12.7. The number of epoxide rings is 1. The van der Waals surface area contributed by atoms with Gasteiger partial charge in [-0.15, -0.1) is 0 Å². The number of hydrogen-bond donors (Lipinski definition) is 2. The molecule has 1 aromatic heterocycles. The second-order valence-electron chi connectivity index (χ2n) is 19.4. The van der Waals surface area contributed by atoms with Gasteiger partial charge in [0, 0.05) is 72.8 Å². The first-order valence-electron chi connectivity index (χ1n) is 22.7. The van der Waals surface area contributed by atoms with Crippen LogP contribution < -0.4 is 9.64 Å². The largest absolute Gasteiger partial charge is 0.496 e. The Morgan fingerprint density at radius 2 is 1.78 bits per heavy atom. The number of H-pyrrole nitrogens is 1. The molecule has 63 heavy (non-hydrogen) atoms. The molecule has 2 bridgehead atoms. The van der Waals surface area contributed by atoms with Crippen LogP contribution in [0.25, 0.3) is 10.9 Å². The van der Waals surface area contributed by atoms with E-state index in [1.54, 1.807) is 7.11 Å². The summed E-state index contributed by atoms with van der Waals surface area (Å²) in [6, 6.07) is 7.87. The molecule has 14 nitrogen and oxygen atoms in total. The van der Waals surface area contributed by atoms with Crippen LogP contribution in [-0.2, 0) is 61.8 Å². The Bertz CT molecular complexity index is 2500. The van der Waals surface area contributed by atoms with Crippen molar-refractivity contribution in [2.45, 2.75) is 119 Å². The number of benzene rings is 2. The molecule has 2 aromatic carbocycles. The van der Waals surface area contributed by atoms with Gasteiger partial charge >= 0.3 is 17.9 Å². The predicted octanol–water partition coefficient (Wildman–Crippen LogP) is 4.75. The van der Waals surface area contributed by atoms with Crippen LogP contribution >= 0.6 is 0 Å². The van der Waals surface area contributed by atoms with Crippen LogP contribution in [0.2, 0.25) is 0 Å². The highest BCUT2D eigenvalue weighted by Crippen LogP contribution is 2.80. The summed E-state index contributed by atoms with van der Waals surface area (Å²) in [5.41, 5.74) is -1.22. The first-order valence-corrected chi connectivity index (χ1v) is 22.7. The third-order valence-electron chi connectivity index (χ3n) is 16.8. The van der Waals surface area contributed by atoms with Gasteiger partial charge in [0.1, 0.15) is 11.2 Å².